The van der Waals surface area contributed by atoms with Crippen LogP contribution in [-0.4, -0.2) is 18.0 Å². The first-order chi connectivity index (χ1) is 14.0. The van der Waals surface area contributed by atoms with Crippen molar-refractivity contribution >= 4 is 40.2 Å². The van der Waals surface area contributed by atoms with Crippen molar-refractivity contribution in [2.24, 2.45) is 0 Å². The summed E-state index contributed by atoms with van der Waals surface area (Å²) in [7, 11) is 1.46. The van der Waals surface area contributed by atoms with Crippen molar-refractivity contribution in [1.29, 1.82) is 0 Å². The van der Waals surface area contributed by atoms with Gasteiger partial charge >= 0.3 is 0 Å². The van der Waals surface area contributed by atoms with Crippen LogP contribution in [0.5, 0.6) is 5.75 Å². The third-order valence-electron chi connectivity index (χ3n) is 4.40. The van der Waals surface area contributed by atoms with Crippen molar-refractivity contribution in [2.75, 3.05) is 7.11 Å². The van der Waals surface area contributed by atoms with Crippen LogP contribution in [0.2, 0.25) is 10.0 Å². The number of nitrogens with zero attached hydrogens (tertiary/aromatic N) is 1. The smallest absolute Gasteiger partial charge is 0.255 e. The zero-order valence-corrected chi connectivity index (χ0v) is 16.9. The van der Waals surface area contributed by atoms with Crippen LogP contribution in [0.4, 0.5) is 0 Å². The molecule has 0 radical (unpaired) electrons. The first-order valence-corrected chi connectivity index (χ1v) is 9.57. The maximum Gasteiger partial charge on any atom is 0.255 e. The van der Waals surface area contributed by atoms with Crippen molar-refractivity contribution in [2.45, 2.75) is 6.54 Å². The molecule has 1 aromatic heterocycles. The van der Waals surface area contributed by atoms with Crippen LogP contribution < -0.4 is 10.1 Å². The Morgan fingerprint density at radius 3 is 2.59 bits per heavy atom. The van der Waals surface area contributed by atoms with Crippen molar-refractivity contribution in [3.05, 3.63) is 81.8 Å². The predicted molar refractivity (Wildman–Crippen MR) is 114 cm³/mol. The molecule has 0 aliphatic heterocycles. The second kappa shape index (κ2) is 8.15. The predicted octanol–water partition coefficient (Wildman–Crippen LogP) is 5.74. The lowest BCUT2D eigenvalue weighted by Crippen LogP contribution is -2.23. The van der Waals surface area contributed by atoms with E-state index in [9.17, 15) is 4.79 Å². The summed E-state index contributed by atoms with van der Waals surface area (Å²) >= 11 is 12.1. The van der Waals surface area contributed by atoms with E-state index in [0.29, 0.717) is 23.2 Å². The van der Waals surface area contributed by atoms with Crippen LogP contribution in [0.15, 0.2) is 65.1 Å². The first-order valence-electron chi connectivity index (χ1n) is 8.81. The molecule has 0 fully saturated rings. The molecule has 0 saturated carbocycles. The SMILES string of the molecule is COc1c(Cl)cc(Cl)cc1C(=O)NCc1ccc(-c2nc3ccccc3o2)cc1. The van der Waals surface area contributed by atoms with Crippen LogP contribution in [0, 0.1) is 0 Å². The molecule has 5 nitrogen and oxygen atoms in total. The Morgan fingerprint density at radius 2 is 1.86 bits per heavy atom. The van der Waals surface area contributed by atoms with Gasteiger partial charge in [0.15, 0.2) is 5.58 Å². The molecule has 0 unspecified atom stereocenters. The van der Waals surface area contributed by atoms with Gasteiger partial charge in [0.2, 0.25) is 5.89 Å². The van der Waals surface area contributed by atoms with Crippen LogP contribution in [0.25, 0.3) is 22.6 Å². The summed E-state index contributed by atoms with van der Waals surface area (Å²) in [5.41, 5.74) is 3.62. The molecule has 1 amide bonds. The number of halogens is 2. The Kier molecular flexibility index (Phi) is 5.43. The lowest BCUT2D eigenvalue weighted by atomic mass is 10.1. The number of methoxy groups -OCH3 is 1. The van der Waals surface area contributed by atoms with Gasteiger partial charge in [0.1, 0.15) is 11.3 Å². The van der Waals surface area contributed by atoms with Gasteiger partial charge in [0.05, 0.1) is 17.7 Å². The van der Waals surface area contributed by atoms with E-state index < -0.39 is 0 Å². The van der Waals surface area contributed by atoms with Crippen molar-refractivity contribution in [3.8, 4) is 17.2 Å². The number of rotatable bonds is 5. The molecule has 0 bridgehead atoms. The summed E-state index contributed by atoms with van der Waals surface area (Å²) in [6, 6.07) is 18.3. The van der Waals surface area contributed by atoms with E-state index in [1.54, 1.807) is 0 Å². The van der Waals surface area contributed by atoms with Crippen LogP contribution in [0.3, 0.4) is 0 Å². The maximum atomic E-state index is 12.6. The van der Waals surface area contributed by atoms with E-state index in [1.165, 1.54) is 19.2 Å². The molecular weight excluding hydrogens is 411 g/mol. The summed E-state index contributed by atoms with van der Waals surface area (Å²) in [5.74, 6) is 0.522. The van der Waals surface area contributed by atoms with Gasteiger partial charge in [-0.1, -0.05) is 47.5 Å². The van der Waals surface area contributed by atoms with Gasteiger partial charge in [-0.25, -0.2) is 4.98 Å². The summed E-state index contributed by atoms with van der Waals surface area (Å²) in [4.78, 5) is 17.0. The molecule has 1 N–H and O–H groups in total. The van der Waals surface area contributed by atoms with E-state index in [2.05, 4.69) is 10.3 Å². The number of para-hydroxylation sites is 2. The molecule has 0 aliphatic carbocycles. The van der Waals surface area contributed by atoms with Crippen LogP contribution in [-0.2, 0) is 6.54 Å². The van der Waals surface area contributed by atoms with E-state index in [4.69, 9.17) is 32.4 Å². The number of ether oxygens (including phenoxy) is 1. The molecule has 4 rings (SSSR count). The summed E-state index contributed by atoms with van der Waals surface area (Å²) < 4.78 is 11.0. The fraction of sp³-hybridized carbons (Fsp3) is 0.0909. The number of carbonyl (C=O) groups excluding carboxylic acids is 1. The molecule has 3 aromatic carbocycles. The largest absolute Gasteiger partial charge is 0.494 e. The number of fused-ring (bicyclic) bond motifs is 1. The molecule has 29 heavy (non-hydrogen) atoms. The average Bonchev–Trinajstić information content (AvgIpc) is 3.16. The monoisotopic (exact) mass is 426 g/mol. The van der Waals surface area contributed by atoms with E-state index in [0.717, 1.165) is 22.2 Å². The Morgan fingerprint density at radius 1 is 1.10 bits per heavy atom. The topological polar surface area (TPSA) is 64.4 Å². The molecule has 0 saturated heterocycles. The molecule has 0 atom stereocenters. The quantitative estimate of drug-likeness (QED) is 0.441. The van der Waals surface area contributed by atoms with Crippen molar-refractivity contribution in [3.63, 3.8) is 0 Å². The highest BCUT2D eigenvalue weighted by molar-refractivity contribution is 6.36. The number of oxazole rings is 1. The number of hydrogen-bond donors (Lipinski definition) is 1. The fourth-order valence-electron chi connectivity index (χ4n) is 2.97. The summed E-state index contributed by atoms with van der Waals surface area (Å²) in [6.07, 6.45) is 0. The van der Waals surface area contributed by atoms with Crippen molar-refractivity contribution in [1.82, 2.24) is 10.3 Å². The van der Waals surface area contributed by atoms with Gasteiger partial charge in [0, 0.05) is 17.1 Å². The molecule has 0 aliphatic rings. The number of aromatic nitrogens is 1. The van der Waals surface area contributed by atoms with Gasteiger partial charge < -0.3 is 14.5 Å². The lowest BCUT2D eigenvalue weighted by molar-refractivity contribution is 0.0948. The van der Waals surface area contributed by atoms with E-state index in [1.807, 2.05) is 48.5 Å². The van der Waals surface area contributed by atoms with Gasteiger partial charge in [-0.05, 0) is 42.0 Å². The summed E-state index contributed by atoms with van der Waals surface area (Å²) in [6.45, 7) is 0.333. The minimum Gasteiger partial charge on any atom is -0.494 e. The normalized spacial score (nSPS) is 10.9. The highest BCUT2D eigenvalue weighted by atomic mass is 35.5. The fourth-order valence-corrected chi connectivity index (χ4v) is 3.55. The lowest BCUT2D eigenvalue weighted by Gasteiger charge is -2.11. The standard InChI is InChI=1S/C22H16Cl2N2O3/c1-28-20-16(10-15(23)11-17(20)24)21(27)25-12-13-6-8-14(9-7-13)22-26-18-4-2-3-5-19(18)29-22/h2-11H,12H2,1H3,(H,25,27). The maximum absolute atomic E-state index is 12.6. The van der Waals surface area contributed by atoms with Crippen LogP contribution >= 0.6 is 23.2 Å². The summed E-state index contributed by atoms with van der Waals surface area (Å²) in [5, 5.41) is 3.50. The number of hydrogen-bond acceptors (Lipinski definition) is 4. The highest BCUT2D eigenvalue weighted by Crippen LogP contribution is 2.32. The third kappa shape index (κ3) is 4.06. The Balaban J connectivity index is 1.47. The molecule has 7 heteroatoms. The second-order valence-corrected chi connectivity index (χ2v) is 7.18. The Hall–Kier alpha value is -3.02. The second-order valence-electron chi connectivity index (χ2n) is 6.33. The number of nitrogens with one attached hydrogen (secondary N) is 1. The van der Waals surface area contributed by atoms with E-state index in [-0.39, 0.29) is 16.5 Å². The first kappa shape index (κ1) is 19.3. The average molecular weight is 427 g/mol. The highest BCUT2D eigenvalue weighted by Gasteiger charge is 2.16. The van der Waals surface area contributed by atoms with Gasteiger partial charge in [-0.15, -0.1) is 0 Å². The Labute approximate surface area is 177 Å². The van der Waals surface area contributed by atoms with E-state index >= 15 is 0 Å². The van der Waals surface area contributed by atoms with Gasteiger partial charge in [-0.3, -0.25) is 4.79 Å². The zero-order chi connectivity index (χ0) is 20.4. The molecular formula is C22H16Cl2N2O3. The van der Waals surface area contributed by atoms with Gasteiger partial charge in [0.25, 0.3) is 5.91 Å². The van der Waals surface area contributed by atoms with Crippen LogP contribution in [0.1, 0.15) is 15.9 Å². The van der Waals surface area contributed by atoms with Crippen molar-refractivity contribution < 1.29 is 13.9 Å². The minimum absolute atomic E-state index is 0.285. The Bertz CT molecular complexity index is 1150. The minimum atomic E-state index is -0.325. The van der Waals surface area contributed by atoms with Gasteiger partial charge in [-0.2, -0.15) is 0 Å². The third-order valence-corrected chi connectivity index (χ3v) is 4.90. The zero-order valence-electron chi connectivity index (χ0n) is 15.4. The molecule has 1 heterocycles. The molecule has 4 aromatic rings. The number of benzene rings is 3. The molecule has 146 valence electrons. The molecule has 0 spiro atoms. The number of amides is 1. The number of carbonyl (C=O) groups is 1.